The van der Waals surface area contributed by atoms with Crippen LogP contribution < -0.4 is 5.32 Å². The molecule has 0 aliphatic heterocycles. The molecular formula is C10H19NO5S. The summed E-state index contributed by atoms with van der Waals surface area (Å²) >= 11 is 0. The van der Waals surface area contributed by atoms with E-state index in [-0.39, 0.29) is 12.5 Å². The first-order valence-corrected chi connectivity index (χ1v) is 7.01. The van der Waals surface area contributed by atoms with Crippen LogP contribution in [0.3, 0.4) is 0 Å². The van der Waals surface area contributed by atoms with E-state index in [9.17, 15) is 18.0 Å². The average molecular weight is 265 g/mol. The maximum absolute atomic E-state index is 11.9. The van der Waals surface area contributed by atoms with Gasteiger partial charge in [-0.2, -0.15) is 0 Å². The maximum Gasteiger partial charge on any atom is 0.321 e. The Balaban J connectivity index is 5.05. The Labute approximate surface area is 101 Å². The molecule has 0 spiro atoms. The summed E-state index contributed by atoms with van der Waals surface area (Å²) < 4.78 is 23.8. The third-order valence-corrected chi connectivity index (χ3v) is 4.86. The molecule has 0 saturated carbocycles. The van der Waals surface area contributed by atoms with E-state index in [1.165, 1.54) is 13.8 Å². The third-order valence-electron chi connectivity index (χ3n) is 2.34. The van der Waals surface area contributed by atoms with Crippen molar-refractivity contribution in [3.63, 3.8) is 0 Å². The highest BCUT2D eigenvalue weighted by Gasteiger charge is 2.39. The minimum absolute atomic E-state index is 0.0586. The van der Waals surface area contributed by atoms with Crippen molar-refractivity contribution in [2.24, 2.45) is 0 Å². The summed E-state index contributed by atoms with van der Waals surface area (Å²) in [6.07, 6.45) is -0.0586. The summed E-state index contributed by atoms with van der Waals surface area (Å²) in [5, 5.41) is 8.38. The highest BCUT2D eigenvalue weighted by Crippen LogP contribution is 2.13. The second kappa shape index (κ2) is 6.00. The number of amides is 1. The van der Waals surface area contributed by atoms with Crippen molar-refractivity contribution >= 4 is 21.7 Å². The Kier molecular flexibility index (Phi) is 5.60. The molecular weight excluding hydrogens is 246 g/mol. The third kappa shape index (κ3) is 3.99. The van der Waals surface area contributed by atoms with Gasteiger partial charge in [-0.1, -0.05) is 6.92 Å². The van der Waals surface area contributed by atoms with Crippen LogP contribution in [0.15, 0.2) is 0 Å². The largest absolute Gasteiger partial charge is 0.480 e. The Morgan fingerprint density at radius 2 is 1.71 bits per heavy atom. The minimum atomic E-state index is -4.01. The fourth-order valence-electron chi connectivity index (χ4n) is 1.34. The fourth-order valence-corrected chi connectivity index (χ4v) is 2.95. The Hall–Kier alpha value is -1.11. The molecule has 6 nitrogen and oxygen atoms in total. The van der Waals surface area contributed by atoms with Crippen molar-refractivity contribution in [2.75, 3.05) is 0 Å². The van der Waals surface area contributed by atoms with Crippen molar-refractivity contribution in [2.45, 2.75) is 50.7 Å². The van der Waals surface area contributed by atoms with Crippen LogP contribution in [0, 0.1) is 0 Å². The van der Waals surface area contributed by atoms with E-state index in [0.717, 1.165) is 0 Å². The van der Waals surface area contributed by atoms with Gasteiger partial charge in [-0.25, -0.2) is 8.42 Å². The van der Waals surface area contributed by atoms with Crippen LogP contribution in [0.1, 0.15) is 34.1 Å². The summed E-state index contributed by atoms with van der Waals surface area (Å²) in [4.78, 5) is 22.4. The molecule has 0 aliphatic rings. The summed E-state index contributed by atoms with van der Waals surface area (Å²) in [6, 6.07) is -0.190. The van der Waals surface area contributed by atoms with Gasteiger partial charge in [0, 0.05) is 6.04 Å². The van der Waals surface area contributed by atoms with Gasteiger partial charge >= 0.3 is 5.97 Å². The summed E-state index contributed by atoms with van der Waals surface area (Å²) in [6.45, 7) is 6.07. The summed E-state index contributed by atoms with van der Waals surface area (Å²) in [7, 11) is -4.01. The number of aliphatic carboxylic acids is 1. The molecule has 0 saturated heterocycles. The maximum atomic E-state index is 11.9. The molecule has 2 unspecified atom stereocenters. The molecule has 0 aromatic heterocycles. The van der Waals surface area contributed by atoms with Crippen LogP contribution in [0.4, 0.5) is 0 Å². The number of hydrogen-bond acceptors (Lipinski definition) is 4. The molecule has 0 heterocycles. The standard InChI is InChI=1S/C10H19NO5S/c1-5-8(10(13)14)17(15,16)7(4)9(12)11-6(2)3/h6-8H,5H2,1-4H3,(H,11,12)(H,13,14). The van der Waals surface area contributed by atoms with Crippen LogP contribution in [-0.4, -0.2) is 41.9 Å². The van der Waals surface area contributed by atoms with Crippen LogP contribution >= 0.6 is 0 Å². The topological polar surface area (TPSA) is 101 Å². The van der Waals surface area contributed by atoms with Crippen molar-refractivity contribution < 1.29 is 23.1 Å². The molecule has 0 aromatic carbocycles. The van der Waals surface area contributed by atoms with Gasteiger partial charge in [0.1, 0.15) is 5.25 Å². The molecule has 2 atom stereocenters. The number of sulfone groups is 1. The predicted octanol–water partition coefficient (Wildman–Crippen LogP) is 0.178. The van der Waals surface area contributed by atoms with Gasteiger partial charge in [0.2, 0.25) is 5.91 Å². The monoisotopic (exact) mass is 265 g/mol. The first kappa shape index (κ1) is 15.9. The lowest BCUT2D eigenvalue weighted by Gasteiger charge is -2.18. The molecule has 7 heteroatoms. The van der Waals surface area contributed by atoms with E-state index in [2.05, 4.69) is 5.32 Å². The second-order valence-electron chi connectivity index (χ2n) is 4.13. The normalized spacial score (nSPS) is 15.4. The van der Waals surface area contributed by atoms with Crippen molar-refractivity contribution in [1.29, 1.82) is 0 Å². The number of nitrogens with one attached hydrogen (secondary N) is 1. The zero-order valence-electron chi connectivity index (χ0n) is 10.4. The van der Waals surface area contributed by atoms with Gasteiger partial charge < -0.3 is 10.4 Å². The van der Waals surface area contributed by atoms with Crippen molar-refractivity contribution in [1.82, 2.24) is 5.32 Å². The molecule has 0 bridgehead atoms. The van der Waals surface area contributed by atoms with Gasteiger partial charge in [0.05, 0.1) is 0 Å². The minimum Gasteiger partial charge on any atom is -0.480 e. The van der Waals surface area contributed by atoms with Gasteiger partial charge in [0.25, 0.3) is 0 Å². The van der Waals surface area contributed by atoms with Crippen LogP contribution in [0.2, 0.25) is 0 Å². The van der Waals surface area contributed by atoms with E-state index in [1.54, 1.807) is 13.8 Å². The molecule has 0 fully saturated rings. The number of rotatable bonds is 6. The summed E-state index contributed by atoms with van der Waals surface area (Å²) in [5.74, 6) is -2.09. The highest BCUT2D eigenvalue weighted by molar-refractivity contribution is 7.94. The Morgan fingerprint density at radius 3 is 2.00 bits per heavy atom. The first-order chi connectivity index (χ1) is 7.64. The number of carboxylic acids is 1. The van der Waals surface area contributed by atoms with E-state index in [4.69, 9.17) is 5.11 Å². The lowest BCUT2D eigenvalue weighted by molar-refractivity contribution is -0.136. The van der Waals surface area contributed by atoms with Gasteiger partial charge in [-0.05, 0) is 27.2 Å². The fraction of sp³-hybridized carbons (Fsp3) is 0.800. The van der Waals surface area contributed by atoms with Gasteiger partial charge in [-0.15, -0.1) is 0 Å². The zero-order valence-corrected chi connectivity index (χ0v) is 11.2. The van der Waals surface area contributed by atoms with E-state index in [1.807, 2.05) is 0 Å². The SMILES string of the molecule is CCC(C(=O)O)S(=O)(=O)C(C)C(=O)NC(C)C. The van der Waals surface area contributed by atoms with Crippen LogP contribution in [0.5, 0.6) is 0 Å². The molecule has 0 aromatic rings. The highest BCUT2D eigenvalue weighted by atomic mass is 32.2. The molecule has 0 aliphatic carbocycles. The van der Waals surface area contributed by atoms with Gasteiger partial charge in [-0.3, -0.25) is 9.59 Å². The van der Waals surface area contributed by atoms with E-state index >= 15 is 0 Å². The Morgan fingerprint density at radius 1 is 1.24 bits per heavy atom. The molecule has 1 amide bonds. The lowest BCUT2D eigenvalue weighted by Crippen LogP contribution is -2.46. The molecule has 100 valence electrons. The van der Waals surface area contributed by atoms with Crippen molar-refractivity contribution in [3.8, 4) is 0 Å². The number of carbonyl (C=O) groups excluding carboxylic acids is 1. The van der Waals surface area contributed by atoms with E-state index in [0.29, 0.717) is 0 Å². The number of hydrogen-bond donors (Lipinski definition) is 2. The van der Waals surface area contributed by atoms with Gasteiger partial charge in [0.15, 0.2) is 15.1 Å². The number of carbonyl (C=O) groups is 2. The van der Waals surface area contributed by atoms with Crippen LogP contribution in [-0.2, 0) is 19.4 Å². The Bertz CT molecular complexity index is 388. The molecule has 2 N–H and O–H groups in total. The van der Waals surface area contributed by atoms with Crippen LogP contribution in [0.25, 0.3) is 0 Å². The zero-order chi connectivity index (χ0) is 13.8. The molecule has 0 radical (unpaired) electrons. The van der Waals surface area contributed by atoms with Crippen molar-refractivity contribution in [3.05, 3.63) is 0 Å². The molecule has 0 rings (SSSR count). The number of carboxylic acid groups (broad SMARTS) is 1. The second-order valence-corrected chi connectivity index (χ2v) is 6.58. The lowest BCUT2D eigenvalue weighted by atomic mass is 10.3. The predicted molar refractivity (Wildman–Crippen MR) is 63.4 cm³/mol. The first-order valence-electron chi connectivity index (χ1n) is 5.40. The summed E-state index contributed by atoms with van der Waals surface area (Å²) in [5.41, 5.74) is 0. The smallest absolute Gasteiger partial charge is 0.321 e. The quantitative estimate of drug-likeness (QED) is 0.713. The average Bonchev–Trinajstić information content (AvgIpc) is 2.15. The van der Waals surface area contributed by atoms with E-state index < -0.39 is 32.2 Å². The molecule has 17 heavy (non-hydrogen) atoms.